The zero-order valence-corrected chi connectivity index (χ0v) is 10.6. The summed E-state index contributed by atoms with van der Waals surface area (Å²) in [5, 5.41) is 0. The van der Waals surface area contributed by atoms with Crippen LogP contribution in [0.5, 0.6) is 11.5 Å². The number of nitrogens with zero attached hydrogens (tertiary/aromatic N) is 1. The van der Waals surface area contributed by atoms with Gasteiger partial charge in [0.2, 0.25) is 0 Å². The Labute approximate surface area is 108 Å². The van der Waals surface area contributed by atoms with Gasteiger partial charge in [-0.25, -0.2) is 0 Å². The average molecular weight is 242 g/mol. The molecule has 1 heterocycles. The molecule has 2 N–H and O–H groups in total. The first-order valence-electron chi connectivity index (χ1n) is 6.23. The van der Waals surface area contributed by atoms with Gasteiger partial charge in [0.15, 0.2) is 0 Å². The predicted octanol–water partition coefficient (Wildman–Crippen LogP) is 3.29. The third kappa shape index (κ3) is 3.31. The molecule has 0 unspecified atom stereocenters. The summed E-state index contributed by atoms with van der Waals surface area (Å²) in [7, 11) is 0. The molecular formula is C15H18N2O. The Bertz CT molecular complexity index is 494. The summed E-state index contributed by atoms with van der Waals surface area (Å²) in [6.07, 6.45) is 3.97. The van der Waals surface area contributed by atoms with Crippen LogP contribution in [0.25, 0.3) is 0 Å². The molecule has 0 spiro atoms. The highest BCUT2D eigenvalue weighted by Crippen LogP contribution is 2.22. The van der Waals surface area contributed by atoms with E-state index in [9.17, 15) is 0 Å². The fraction of sp³-hybridized carbons (Fsp3) is 0.267. The predicted molar refractivity (Wildman–Crippen MR) is 72.6 cm³/mol. The van der Waals surface area contributed by atoms with Gasteiger partial charge in [0.05, 0.1) is 5.69 Å². The van der Waals surface area contributed by atoms with Gasteiger partial charge in [-0.15, -0.1) is 0 Å². The van der Waals surface area contributed by atoms with E-state index in [1.807, 2.05) is 24.3 Å². The lowest BCUT2D eigenvalue weighted by Crippen LogP contribution is -1.99. The zero-order valence-electron chi connectivity index (χ0n) is 10.6. The number of pyridine rings is 1. The van der Waals surface area contributed by atoms with Crippen molar-refractivity contribution in [3.05, 3.63) is 53.9 Å². The maximum atomic E-state index is 5.76. The lowest BCUT2D eigenvalue weighted by Gasteiger charge is -2.07. The number of nitrogens with two attached hydrogens (primary N) is 1. The van der Waals surface area contributed by atoms with Crippen LogP contribution in [0.2, 0.25) is 0 Å². The lowest BCUT2D eigenvalue weighted by molar-refractivity contribution is 0.480. The van der Waals surface area contributed by atoms with E-state index < -0.39 is 0 Å². The smallest absolute Gasteiger partial charge is 0.130 e. The van der Waals surface area contributed by atoms with Crippen molar-refractivity contribution in [1.82, 2.24) is 4.98 Å². The summed E-state index contributed by atoms with van der Waals surface area (Å²) < 4.78 is 5.76. The van der Waals surface area contributed by atoms with Crippen molar-refractivity contribution in [2.24, 2.45) is 5.73 Å². The molecule has 0 saturated heterocycles. The quantitative estimate of drug-likeness (QED) is 0.875. The molecule has 2 rings (SSSR count). The molecule has 0 bridgehead atoms. The van der Waals surface area contributed by atoms with Crippen LogP contribution in [0.15, 0.2) is 42.6 Å². The van der Waals surface area contributed by atoms with Gasteiger partial charge in [-0.05, 0) is 30.2 Å². The number of rotatable bonds is 5. The highest BCUT2D eigenvalue weighted by Gasteiger charge is 1.99. The number of ether oxygens (including phenoxy) is 1. The fourth-order valence-corrected chi connectivity index (χ4v) is 1.78. The van der Waals surface area contributed by atoms with Crippen LogP contribution in [0.3, 0.4) is 0 Å². The van der Waals surface area contributed by atoms with Gasteiger partial charge in [0, 0.05) is 18.8 Å². The Kier molecular flexibility index (Phi) is 4.31. The normalized spacial score (nSPS) is 10.3. The van der Waals surface area contributed by atoms with Crippen LogP contribution in [-0.2, 0) is 13.0 Å². The Hall–Kier alpha value is -1.87. The van der Waals surface area contributed by atoms with Crippen LogP contribution in [-0.4, -0.2) is 4.98 Å². The molecule has 0 saturated carbocycles. The molecule has 2 aromatic rings. The van der Waals surface area contributed by atoms with E-state index in [0.717, 1.165) is 30.0 Å². The maximum absolute atomic E-state index is 5.76. The van der Waals surface area contributed by atoms with Crippen molar-refractivity contribution >= 4 is 0 Å². The molecule has 18 heavy (non-hydrogen) atoms. The largest absolute Gasteiger partial charge is 0.457 e. The number of hydrogen-bond acceptors (Lipinski definition) is 3. The van der Waals surface area contributed by atoms with Gasteiger partial charge >= 0.3 is 0 Å². The van der Waals surface area contributed by atoms with E-state index in [0.29, 0.717) is 6.54 Å². The molecule has 0 amide bonds. The number of aromatic nitrogens is 1. The summed E-state index contributed by atoms with van der Waals surface area (Å²) in [5.41, 5.74) is 7.71. The van der Waals surface area contributed by atoms with Crippen molar-refractivity contribution in [1.29, 1.82) is 0 Å². The molecule has 0 aliphatic heterocycles. The fourth-order valence-electron chi connectivity index (χ4n) is 1.78. The minimum absolute atomic E-state index is 0.423. The van der Waals surface area contributed by atoms with Gasteiger partial charge in [-0.1, -0.05) is 25.5 Å². The van der Waals surface area contributed by atoms with Crippen molar-refractivity contribution in [2.75, 3.05) is 0 Å². The summed E-state index contributed by atoms with van der Waals surface area (Å²) in [6.45, 7) is 2.60. The van der Waals surface area contributed by atoms with Crippen LogP contribution in [0, 0.1) is 0 Å². The number of aryl methyl sites for hydroxylation is 1. The molecule has 3 heteroatoms. The second kappa shape index (κ2) is 6.17. The molecular weight excluding hydrogens is 224 g/mol. The molecule has 0 fully saturated rings. The van der Waals surface area contributed by atoms with Gasteiger partial charge in [0.1, 0.15) is 11.5 Å². The summed E-state index contributed by atoms with van der Waals surface area (Å²) in [5.74, 6) is 1.61. The molecule has 0 radical (unpaired) electrons. The maximum Gasteiger partial charge on any atom is 0.130 e. The third-order valence-electron chi connectivity index (χ3n) is 2.69. The number of benzene rings is 1. The average Bonchev–Trinajstić information content (AvgIpc) is 2.42. The van der Waals surface area contributed by atoms with E-state index >= 15 is 0 Å². The molecule has 0 aliphatic rings. The van der Waals surface area contributed by atoms with Crippen molar-refractivity contribution in [2.45, 2.75) is 26.3 Å². The minimum atomic E-state index is 0.423. The summed E-state index contributed by atoms with van der Waals surface area (Å²) >= 11 is 0. The van der Waals surface area contributed by atoms with E-state index in [-0.39, 0.29) is 0 Å². The molecule has 3 nitrogen and oxygen atoms in total. The second-order valence-corrected chi connectivity index (χ2v) is 4.18. The van der Waals surface area contributed by atoms with Crippen molar-refractivity contribution < 1.29 is 4.74 Å². The molecule has 0 atom stereocenters. The monoisotopic (exact) mass is 242 g/mol. The molecule has 1 aromatic carbocycles. The van der Waals surface area contributed by atoms with Gasteiger partial charge in [-0.3, -0.25) is 4.98 Å². The first-order chi connectivity index (χ1) is 8.81. The second-order valence-electron chi connectivity index (χ2n) is 4.18. The van der Waals surface area contributed by atoms with Crippen LogP contribution >= 0.6 is 0 Å². The van der Waals surface area contributed by atoms with Crippen LogP contribution in [0.4, 0.5) is 0 Å². The van der Waals surface area contributed by atoms with Crippen LogP contribution in [0.1, 0.15) is 24.6 Å². The van der Waals surface area contributed by atoms with Crippen molar-refractivity contribution in [3.63, 3.8) is 0 Å². The number of hydrogen-bond donors (Lipinski definition) is 1. The Morgan fingerprint density at radius 3 is 2.56 bits per heavy atom. The van der Waals surface area contributed by atoms with Gasteiger partial charge in [-0.2, -0.15) is 0 Å². The Morgan fingerprint density at radius 1 is 1.11 bits per heavy atom. The zero-order chi connectivity index (χ0) is 12.8. The highest BCUT2D eigenvalue weighted by molar-refractivity contribution is 5.33. The highest BCUT2D eigenvalue weighted by atomic mass is 16.5. The van der Waals surface area contributed by atoms with E-state index in [1.165, 1.54) is 5.56 Å². The van der Waals surface area contributed by atoms with Crippen molar-refractivity contribution in [3.8, 4) is 11.5 Å². The Morgan fingerprint density at radius 2 is 1.89 bits per heavy atom. The van der Waals surface area contributed by atoms with E-state index in [2.05, 4.69) is 24.0 Å². The van der Waals surface area contributed by atoms with E-state index in [1.54, 1.807) is 6.20 Å². The first-order valence-corrected chi connectivity index (χ1v) is 6.23. The topological polar surface area (TPSA) is 48.1 Å². The lowest BCUT2D eigenvalue weighted by atomic mass is 10.1. The van der Waals surface area contributed by atoms with Gasteiger partial charge < -0.3 is 10.5 Å². The van der Waals surface area contributed by atoms with Crippen LogP contribution < -0.4 is 10.5 Å². The minimum Gasteiger partial charge on any atom is -0.457 e. The molecule has 94 valence electrons. The standard InChI is InChI=1S/C15H18N2O/c1-2-3-12-4-6-14(7-5-12)18-15-8-9-17-13(10-15)11-16/h4-10H,2-3,11,16H2,1H3. The first kappa shape index (κ1) is 12.6. The third-order valence-corrected chi connectivity index (χ3v) is 2.69. The summed E-state index contributed by atoms with van der Waals surface area (Å²) in [4.78, 5) is 4.13. The van der Waals surface area contributed by atoms with Gasteiger partial charge in [0.25, 0.3) is 0 Å². The summed E-state index contributed by atoms with van der Waals surface area (Å²) in [6, 6.07) is 11.9. The Balaban J connectivity index is 2.08. The molecule has 0 aliphatic carbocycles. The molecule has 1 aromatic heterocycles. The van der Waals surface area contributed by atoms with E-state index in [4.69, 9.17) is 10.5 Å². The SMILES string of the molecule is CCCc1ccc(Oc2ccnc(CN)c2)cc1.